The summed E-state index contributed by atoms with van der Waals surface area (Å²) in [5.74, 6) is 0.0595. The molecule has 0 spiro atoms. The molecule has 2 rings (SSSR count). The Morgan fingerprint density at radius 3 is 2.63 bits per heavy atom. The van der Waals surface area contributed by atoms with Gasteiger partial charge in [-0.2, -0.15) is 0 Å². The SMILES string of the molecule is Cc1cnc(C(C)NC(=O)NC2(C(=O)O)CCC2)o1. The number of aromatic nitrogens is 1. The van der Waals surface area contributed by atoms with Gasteiger partial charge in [-0.15, -0.1) is 0 Å². The lowest BCUT2D eigenvalue weighted by molar-refractivity contribution is -0.148. The predicted octanol–water partition coefficient (Wildman–Crippen LogP) is 1.35. The normalized spacial score (nSPS) is 18.2. The molecule has 1 aromatic rings. The van der Waals surface area contributed by atoms with E-state index in [0.717, 1.165) is 6.42 Å². The van der Waals surface area contributed by atoms with Crippen LogP contribution < -0.4 is 10.6 Å². The van der Waals surface area contributed by atoms with Crippen molar-refractivity contribution in [1.82, 2.24) is 15.6 Å². The summed E-state index contributed by atoms with van der Waals surface area (Å²) in [7, 11) is 0. The molecule has 1 aliphatic carbocycles. The topological polar surface area (TPSA) is 104 Å². The van der Waals surface area contributed by atoms with E-state index in [4.69, 9.17) is 9.52 Å². The van der Waals surface area contributed by atoms with Gasteiger partial charge in [0.25, 0.3) is 0 Å². The third-order valence-corrected chi connectivity index (χ3v) is 3.33. The second-order valence-corrected chi connectivity index (χ2v) is 4.87. The molecule has 0 bridgehead atoms. The smallest absolute Gasteiger partial charge is 0.329 e. The standard InChI is InChI=1S/C12H17N3O4/c1-7-6-13-9(19-7)8(2)14-11(18)15-12(10(16)17)4-3-5-12/h6,8H,3-5H2,1-2H3,(H,16,17)(H2,14,15,18). The van der Waals surface area contributed by atoms with Crippen molar-refractivity contribution in [2.24, 2.45) is 0 Å². The van der Waals surface area contributed by atoms with Gasteiger partial charge < -0.3 is 20.2 Å². The second-order valence-electron chi connectivity index (χ2n) is 4.87. The zero-order chi connectivity index (χ0) is 14.0. The van der Waals surface area contributed by atoms with E-state index in [1.807, 2.05) is 0 Å². The second kappa shape index (κ2) is 4.91. The van der Waals surface area contributed by atoms with Gasteiger partial charge in [-0.25, -0.2) is 14.6 Å². The third-order valence-electron chi connectivity index (χ3n) is 3.33. The maximum absolute atomic E-state index is 11.8. The van der Waals surface area contributed by atoms with Gasteiger partial charge in [-0.1, -0.05) is 0 Å². The van der Waals surface area contributed by atoms with Gasteiger partial charge in [-0.05, 0) is 33.1 Å². The summed E-state index contributed by atoms with van der Waals surface area (Å²) in [5, 5.41) is 14.3. The van der Waals surface area contributed by atoms with Gasteiger partial charge in [0, 0.05) is 0 Å². The van der Waals surface area contributed by atoms with Crippen molar-refractivity contribution in [3.63, 3.8) is 0 Å². The fourth-order valence-corrected chi connectivity index (χ4v) is 2.01. The molecule has 3 N–H and O–H groups in total. The number of carboxylic acids is 1. The van der Waals surface area contributed by atoms with Crippen molar-refractivity contribution in [1.29, 1.82) is 0 Å². The van der Waals surface area contributed by atoms with Crippen LogP contribution in [0.3, 0.4) is 0 Å². The van der Waals surface area contributed by atoms with Crippen LogP contribution in [-0.4, -0.2) is 27.6 Å². The summed E-state index contributed by atoms with van der Waals surface area (Å²) in [6, 6.07) is -0.940. The highest BCUT2D eigenvalue weighted by Crippen LogP contribution is 2.32. The first-order chi connectivity index (χ1) is 8.93. The first-order valence-electron chi connectivity index (χ1n) is 6.17. The molecule has 0 aliphatic heterocycles. The Morgan fingerprint density at radius 1 is 1.53 bits per heavy atom. The number of carbonyl (C=O) groups excluding carboxylic acids is 1. The number of carbonyl (C=O) groups is 2. The van der Waals surface area contributed by atoms with Gasteiger partial charge >= 0.3 is 12.0 Å². The molecule has 0 radical (unpaired) electrons. The number of amides is 2. The number of aryl methyl sites for hydroxylation is 1. The van der Waals surface area contributed by atoms with Gasteiger partial charge in [0.2, 0.25) is 5.89 Å². The van der Waals surface area contributed by atoms with Crippen molar-refractivity contribution >= 4 is 12.0 Å². The molecule has 19 heavy (non-hydrogen) atoms. The number of aliphatic carboxylic acids is 1. The number of urea groups is 1. The van der Waals surface area contributed by atoms with E-state index in [-0.39, 0.29) is 0 Å². The number of nitrogens with one attached hydrogen (secondary N) is 2. The van der Waals surface area contributed by atoms with Crippen molar-refractivity contribution in [2.75, 3.05) is 0 Å². The van der Waals surface area contributed by atoms with Gasteiger partial charge in [-0.3, -0.25) is 0 Å². The van der Waals surface area contributed by atoms with E-state index in [1.54, 1.807) is 20.0 Å². The van der Waals surface area contributed by atoms with Crippen LogP contribution in [0.1, 0.15) is 43.9 Å². The van der Waals surface area contributed by atoms with Crippen LogP contribution in [0.15, 0.2) is 10.6 Å². The van der Waals surface area contributed by atoms with E-state index < -0.39 is 23.6 Å². The number of rotatable bonds is 4. The maximum Gasteiger partial charge on any atom is 0.329 e. The Hall–Kier alpha value is -2.05. The molecule has 7 nitrogen and oxygen atoms in total. The van der Waals surface area contributed by atoms with Gasteiger partial charge in [0.15, 0.2) is 0 Å². The lowest BCUT2D eigenvalue weighted by Gasteiger charge is -2.38. The highest BCUT2D eigenvalue weighted by Gasteiger charge is 2.45. The fourth-order valence-electron chi connectivity index (χ4n) is 2.01. The summed E-state index contributed by atoms with van der Waals surface area (Å²) in [5.41, 5.74) is -1.11. The zero-order valence-corrected chi connectivity index (χ0v) is 10.9. The zero-order valence-electron chi connectivity index (χ0n) is 10.9. The van der Waals surface area contributed by atoms with Crippen LogP contribution >= 0.6 is 0 Å². The van der Waals surface area contributed by atoms with Gasteiger partial charge in [0.05, 0.1) is 6.20 Å². The highest BCUT2D eigenvalue weighted by molar-refractivity contribution is 5.87. The number of oxazole rings is 1. The summed E-state index contributed by atoms with van der Waals surface area (Å²) >= 11 is 0. The van der Waals surface area contributed by atoms with Crippen LogP contribution in [0.2, 0.25) is 0 Å². The lowest BCUT2D eigenvalue weighted by atomic mass is 9.77. The molecule has 1 unspecified atom stereocenters. The minimum Gasteiger partial charge on any atom is -0.480 e. The minimum absolute atomic E-state index is 0.394. The fraction of sp³-hybridized carbons (Fsp3) is 0.583. The molecule has 2 amide bonds. The molecule has 7 heteroatoms. The molecule has 1 saturated carbocycles. The Kier molecular flexibility index (Phi) is 3.46. The van der Waals surface area contributed by atoms with Crippen molar-refractivity contribution in [3.05, 3.63) is 17.8 Å². The molecule has 1 fully saturated rings. The number of hydrogen-bond acceptors (Lipinski definition) is 4. The van der Waals surface area contributed by atoms with E-state index in [2.05, 4.69) is 15.6 Å². The molecule has 0 aromatic carbocycles. The molecule has 1 aliphatic rings. The molecule has 1 atom stereocenters. The predicted molar refractivity (Wildman–Crippen MR) is 65.5 cm³/mol. The van der Waals surface area contributed by atoms with Crippen molar-refractivity contribution in [3.8, 4) is 0 Å². The van der Waals surface area contributed by atoms with E-state index in [9.17, 15) is 9.59 Å². The van der Waals surface area contributed by atoms with Crippen LogP contribution in [0.4, 0.5) is 4.79 Å². The molecule has 1 aromatic heterocycles. The van der Waals surface area contributed by atoms with Crippen molar-refractivity contribution in [2.45, 2.75) is 44.7 Å². The average Bonchev–Trinajstić information content (AvgIpc) is 2.69. The number of carboxylic acid groups (broad SMARTS) is 1. The van der Waals surface area contributed by atoms with E-state index >= 15 is 0 Å². The molecular weight excluding hydrogens is 250 g/mol. The number of nitrogens with zero attached hydrogens (tertiary/aromatic N) is 1. The van der Waals surface area contributed by atoms with Crippen LogP contribution in [-0.2, 0) is 4.79 Å². The molecular formula is C12H17N3O4. The molecule has 104 valence electrons. The highest BCUT2D eigenvalue weighted by atomic mass is 16.4. The van der Waals surface area contributed by atoms with Crippen molar-refractivity contribution < 1.29 is 19.1 Å². The monoisotopic (exact) mass is 267 g/mol. The average molecular weight is 267 g/mol. The third kappa shape index (κ3) is 2.69. The first-order valence-corrected chi connectivity index (χ1v) is 6.17. The first kappa shape index (κ1) is 13.4. The lowest BCUT2D eigenvalue weighted by Crippen LogP contribution is -2.61. The molecule has 1 heterocycles. The summed E-state index contributed by atoms with van der Waals surface area (Å²) in [6.07, 6.45) is 3.29. The van der Waals surface area contributed by atoms with Gasteiger partial charge in [0.1, 0.15) is 17.3 Å². The summed E-state index contributed by atoms with van der Waals surface area (Å²) in [6.45, 7) is 3.48. The van der Waals surface area contributed by atoms with Crippen LogP contribution in [0.25, 0.3) is 0 Å². The Balaban J connectivity index is 1.92. The molecule has 0 saturated heterocycles. The Morgan fingerprint density at radius 2 is 2.21 bits per heavy atom. The van der Waals surface area contributed by atoms with Crippen LogP contribution in [0.5, 0.6) is 0 Å². The van der Waals surface area contributed by atoms with Crippen LogP contribution in [0, 0.1) is 6.92 Å². The minimum atomic E-state index is -1.11. The summed E-state index contributed by atoms with van der Waals surface area (Å²) < 4.78 is 5.29. The van der Waals surface area contributed by atoms with E-state index in [0.29, 0.717) is 24.5 Å². The Labute approximate surface area is 110 Å². The largest absolute Gasteiger partial charge is 0.480 e. The number of hydrogen-bond donors (Lipinski definition) is 3. The maximum atomic E-state index is 11.8. The Bertz CT molecular complexity index is 493. The summed E-state index contributed by atoms with van der Waals surface area (Å²) in [4.78, 5) is 26.9. The quantitative estimate of drug-likeness (QED) is 0.763. The van der Waals surface area contributed by atoms with E-state index in [1.165, 1.54) is 0 Å².